The summed E-state index contributed by atoms with van der Waals surface area (Å²) < 4.78 is 13.5. The number of piperidine rings is 1. The molecule has 0 spiro atoms. The van der Waals surface area contributed by atoms with Gasteiger partial charge in [0.15, 0.2) is 0 Å². The van der Waals surface area contributed by atoms with E-state index < -0.39 is 35.2 Å². The number of nitrogens with zero attached hydrogens (tertiary/aromatic N) is 1. The third-order valence-electron chi connectivity index (χ3n) is 4.98. The van der Waals surface area contributed by atoms with E-state index in [0.717, 1.165) is 11.0 Å². The van der Waals surface area contributed by atoms with Crippen LogP contribution in [0, 0.1) is 5.82 Å². The fourth-order valence-electron chi connectivity index (χ4n) is 3.45. The molecule has 1 saturated carbocycles. The predicted molar refractivity (Wildman–Crippen MR) is 86.6 cm³/mol. The minimum Gasteiger partial charge on any atom is -0.371 e. The molecular weight excluding hydrogens is 341 g/mol. The molecule has 7 nitrogen and oxygen atoms in total. The first kappa shape index (κ1) is 16.4. The van der Waals surface area contributed by atoms with Gasteiger partial charge in [-0.3, -0.25) is 29.4 Å². The van der Waals surface area contributed by atoms with Gasteiger partial charge in [0.1, 0.15) is 17.6 Å². The molecule has 1 saturated heterocycles. The van der Waals surface area contributed by atoms with Crippen molar-refractivity contribution in [1.29, 1.82) is 0 Å². The Morgan fingerprint density at radius 2 is 1.96 bits per heavy atom. The minimum absolute atomic E-state index is 0.0729. The Morgan fingerprint density at radius 3 is 2.62 bits per heavy atom. The van der Waals surface area contributed by atoms with Crippen LogP contribution < -0.4 is 10.6 Å². The summed E-state index contributed by atoms with van der Waals surface area (Å²) in [5, 5.41) is 5.21. The molecule has 0 bridgehead atoms. The Morgan fingerprint density at radius 1 is 1.19 bits per heavy atom. The van der Waals surface area contributed by atoms with Gasteiger partial charge in [-0.1, -0.05) is 12.1 Å². The quantitative estimate of drug-likeness (QED) is 0.764. The van der Waals surface area contributed by atoms with Crippen molar-refractivity contribution in [3.05, 3.63) is 47.4 Å². The predicted octanol–water partition coefficient (Wildman–Crippen LogP) is 0.462. The summed E-state index contributed by atoms with van der Waals surface area (Å²) in [7, 11) is 0. The number of imide groups is 2. The lowest BCUT2D eigenvalue weighted by Gasteiger charge is -2.28. The van der Waals surface area contributed by atoms with Crippen molar-refractivity contribution in [3.8, 4) is 0 Å². The molecule has 26 heavy (non-hydrogen) atoms. The third kappa shape index (κ3) is 2.67. The van der Waals surface area contributed by atoms with Crippen LogP contribution >= 0.6 is 0 Å². The van der Waals surface area contributed by atoms with Gasteiger partial charge in [-0.15, -0.1) is 0 Å². The molecule has 4 rings (SSSR count). The molecule has 3 aliphatic rings. The van der Waals surface area contributed by atoms with Gasteiger partial charge in [-0.2, -0.15) is 0 Å². The third-order valence-corrected chi connectivity index (χ3v) is 4.98. The molecule has 0 aromatic heterocycles. The van der Waals surface area contributed by atoms with Gasteiger partial charge in [-0.25, -0.2) is 4.39 Å². The van der Waals surface area contributed by atoms with Crippen LogP contribution in [0.15, 0.2) is 36.0 Å². The first-order valence-electron chi connectivity index (χ1n) is 8.37. The number of nitrogens with one attached hydrogen (secondary N) is 2. The van der Waals surface area contributed by atoms with E-state index in [1.54, 1.807) is 12.1 Å². The lowest BCUT2D eigenvalue weighted by atomic mass is 10.0. The van der Waals surface area contributed by atoms with Gasteiger partial charge in [0.05, 0.1) is 5.54 Å². The molecule has 0 radical (unpaired) electrons. The number of carbonyl (C=O) groups is 4. The van der Waals surface area contributed by atoms with E-state index in [1.165, 1.54) is 12.1 Å². The van der Waals surface area contributed by atoms with Gasteiger partial charge in [0.2, 0.25) is 11.8 Å². The highest BCUT2D eigenvalue weighted by Crippen LogP contribution is 2.46. The number of amides is 4. The van der Waals surface area contributed by atoms with Crippen molar-refractivity contribution in [2.24, 2.45) is 0 Å². The van der Waals surface area contributed by atoms with Crippen LogP contribution in [-0.4, -0.2) is 34.6 Å². The van der Waals surface area contributed by atoms with Crippen LogP contribution in [0.25, 0.3) is 0 Å². The first-order valence-corrected chi connectivity index (χ1v) is 8.37. The largest absolute Gasteiger partial charge is 0.371 e. The van der Waals surface area contributed by atoms with E-state index in [9.17, 15) is 23.6 Å². The molecule has 1 unspecified atom stereocenters. The summed E-state index contributed by atoms with van der Waals surface area (Å²) in [6.07, 6.45) is 2.74. The zero-order valence-electron chi connectivity index (χ0n) is 13.8. The van der Waals surface area contributed by atoms with E-state index in [0.29, 0.717) is 18.4 Å². The number of hydrogen-bond donors (Lipinski definition) is 2. The number of carbonyl (C=O) groups excluding carboxylic acids is 4. The smallest absolute Gasteiger partial charge is 0.277 e. The SMILES string of the molecule is O=C1CCC(N2C(=O)C=C(NC3(c4cccc(F)c4)CC3)C2=O)C(=O)N1. The lowest BCUT2D eigenvalue weighted by molar-refractivity contribution is -0.149. The Bertz CT molecular complexity index is 875. The average molecular weight is 357 g/mol. The van der Waals surface area contributed by atoms with Crippen LogP contribution in [-0.2, 0) is 24.7 Å². The summed E-state index contributed by atoms with van der Waals surface area (Å²) in [5.41, 5.74) is 0.213. The topological polar surface area (TPSA) is 95.6 Å². The van der Waals surface area contributed by atoms with E-state index >= 15 is 0 Å². The fourth-order valence-corrected chi connectivity index (χ4v) is 3.45. The molecule has 1 aromatic rings. The zero-order chi connectivity index (χ0) is 18.5. The molecule has 2 fully saturated rings. The highest BCUT2D eigenvalue weighted by molar-refractivity contribution is 6.18. The maximum Gasteiger partial charge on any atom is 0.277 e. The summed E-state index contributed by atoms with van der Waals surface area (Å²) in [4.78, 5) is 49.1. The Balaban J connectivity index is 1.53. The van der Waals surface area contributed by atoms with E-state index in [4.69, 9.17) is 0 Å². The second-order valence-corrected chi connectivity index (χ2v) is 6.76. The van der Waals surface area contributed by atoms with Gasteiger partial charge in [0.25, 0.3) is 11.8 Å². The summed E-state index contributed by atoms with van der Waals surface area (Å²) in [6, 6.07) is 5.11. The molecule has 8 heteroatoms. The normalized spacial score (nSPS) is 24.4. The summed E-state index contributed by atoms with van der Waals surface area (Å²) in [6.45, 7) is 0. The number of halogens is 1. The van der Waals surface area contributed by atoms with Crippen LogP contribution in [0.2, 0.25) is 0 Å². The van der Waals surface area contributed by atoms with Crippen LogP contribution in [0.3, 0.4) is 0 Å². The Hall–Kier alpha value is -3.03. The second-order valence-electron chi connectivity index (χ2n) is 6.76. The molecule has 1 atom stereocenters. The molecule has 1 aromatic carbocycles. The van der Waals surface area contributed by atoms with E-state index in [-0.39, 0.29) is 24.4 Å². The van der Waals surface area contributed by atoms with E-state index in [1.807, 2.05) is 0 Å². The molecule has 2 N–H and O–H groups in total. The molecule has 2 heterocycles. The summed E-state index contributed by atoms with van der Waals surface area (Å²) in [5.74, 6) is -2.64. The van der Waals surface area contributed by atoms with Crippen molar-refractivity contribution >= 4 is 23.6 Å². The molecule has 1 aliphatic carbocycles. The second kappa shape index (κ2) is 5.76. The number of hydrogen-bond acceptors (Lipinski definition) is 5. The highest BCUT2D eigenvalue weighted by Gasteiger charge is 2.49. The summed E-state index contributed by atoms with van der Waals surface area (Å²) >= 11 is 0. The fraction of sp³-hybridized carbons (Fsp3) is 0.333. The lowest BCUT2D eigenvalue weighted by Crippen LogP contribution is -2.55. The Labute approximate surface area is 148 Å². The van der Waals surface area contributed by atoms with Gasteiger partial charge < -0.3 is 5.32 Å². The van der Waals surface area contributed by atoms with Crippen molar-refractivity contribution in [2.45, 2.75) is 37.3 Å². The standard InChI is InChI=1S/C18H16FN3O4/c19-11-3-1-2-10(8-11)18(6-7-18)21-12-9-15(24)22(17(12)26)13-4-5-14(23)20-16(13)25/h1-3,8-9,13,21H,4-7H2,(H,20,23,25). The maximum atomic E-state index is 13.5. The average Bonchev–Trinajstić information content (AvgIpc) is 3.31. The minimum atomic E-state index is -0.993. The van der Waals surface area contributed by atoms with Crippen molar-refractivity contribution in [3.63, 3.8) is 0 Å². The van der Waals surface area contributed by atoms with Crippen LogP contribution in [0.4, 0.5) is 4.39 Å². The highest BCUT2D eigenvalue weighted by atomic mass is 19.1. The van der Waals surface area contributed by atoms with Gasteiger partial charge in [0, 0.05) is 12.5 Å². The zero-order valence-corrected chi connectivity index (χ0v) is 13.8. The molecule has 2 aliphatic heterocycles. The van der Waals surface area contributed by atoms with Crippen molar-refractivity contribution in [2.75, 3.05) is 0 Å². The Kier molecular flexibility index (Phi) is 3.64. The van der Waals surface area contributed by atoms with E-state index in [2.05, 4.69) is 10.6 Å². The number of benzene rings is 1. The van der Waals surface area contributed by atoms with Crippen LogP contribution in [0.5, 0.6) is 0 Å². The van der Waals surface area contributed by atoms with Crippen molar-refractivity contribution in [1.82, 2.24) is 15.5 Å². The monoisotopic (exact) mass is 357 g/mol. The van der Waals surface area contributed by atoms with Gasteiger partial charge >= 0.3 is 0 Å². The number of rotatable bonds is 4. The molecule has 134 valence electrons. The first-order chi connectivity index (χ1) is 12.4. The molecule has 4 amide bonds. The van der Waals surface area contributed by atoms with Gasteiger partial charge in [-0.05, 0) is 37.0 Å². The van der Waals surface area contributed by atoms with Crippen LogP contribution in [0.1, 0.15) is 31.2 Å². The maximum absolute atomic E-state index is 13.5. The molecular formula is C18H16FN3O4. The van der Waals surface area contributed by atoms with Crippen molar-refractivity contribution < 1.29 is 23.6 Å².